The molecule has 4 saturated carbocycles. The summed E-state index contributed by atoms with van der Waals surface area (Å²) in [7, 11) is 1.67. The van der Waals surface area contributed by atoms with Crippen molar-refractivity contribution < 1.29 is 14.9 Å². The average Bonchev–Trinajstić information content (AvgIpc) is 3.16. The van der Waals surface area contributed by atoms with Gasteiger partial charge in [-0.25, -0.2) is 0 Å². The van der Waals surface area contributed by atoms with Gasteiger partial charge < -0.3 is 14.9 Å². The maximum Gasteiger partial charge on any atom is 0.110 e. The Morgan fingerprint density at radius 3 is 2.52 bits per heavy atom. The van der Waals surface area contributed by atoms with Crippen molar-refractivity contribution in [2.45, 2.75) is 70.5 Å². The predicted molar refractivity (Wildman–Crippen MR) is 87.9 cm³/mol. The van der Waals surface area contributed by atoms with Crippen LogP contribution in [0.5, 0.6) is 0 Å². The first-order valence-corrected chi connectivity index (χ1v) is 9.52. The van der Waals surface area contributed by atoms with E-state index in [2.05, 4.69) is 13.8 Å². The second-order valence-electron chi connectivity index (χ2n) is 9.60. The van der Waals surface area contributed by atoms with Crippen molar-refractivity contribution >= 4 is 0 Å². The minimum atomic E-state index is -0.929. The molecule has 0 amide bonds. The zero-order valence-corrected chi connectivity index (χ0v) is 14.6. The van der Waals surface area contributed by atoms with E-state index in [9.17, 15) is 10.2 Å². The third-order valence-electron chi connectivity index (χ3n) is 9.69. The first-order valence-electron chi connectivity index (χ1n) is 9.52. The average molecular weight is 318 g/mol. The molecule has 0 saturated heterocycles. The Morgan fingerprint density at radius 1 is 1.17 bits per heavy atom. The van der Waals surface area contributed by atoms with Crippen molar-refractivity contribution in [2.24, 2.45) is 34.0 Å². The van der Waals surface area contributed by atoms with E-state index >= 15 is 0 Å². The highest BCUT2D eigenvalue weighted by Crippen LogP contribution is 2.85. The molecule has 4 fully saturated rings. The van der Waals surface area contributed by atoms with Gasteiger partial charge in [-0.1, -0.05) is 26.7 Å². The predicted octanol–water partition coefficient (Wildman–Crippen LogP) is 3.82. The summed E-state index contributed by atoms with van der Waals surface area (Å²) in [5.41, 5.74) is -0.597. The molecule has 0 aromatic carbocycles. The van der Waals surface area contributed by atoms with Crippen LogP contribution >= 0.6 is 0 Å². The fourth-order valence-corrected chi connectivity index (χ4v) is 8.80. The van der Waals surface area contributed by atoms with Gasteiger partial charge >= 0.3 is 0 Å². The molecule has 0 aromatic rings. The van der Waals surface area contributed by atoms with Crippen molar-refractivity contribution in [2.75, 3.05) is 7.11 Å². The highest BCUT2D eigenvalue weighted by atomic mass is 16.5. The zero-order valence-electron chi connectivity index (χ0n) is 14.6. The lowest BCUT2D eigenvalue weighted by atomic mass is 9.48. The van der Waals surface area contributed by atoms with Crippen molar-refractivity contribution in [3.8, 4) is 0 Å². The molecular formula is C20H30O3. The quantitative estimate of drug-likeness (QED) is 0.773. The normalized spacial score (nSPS) is 58.7. The lowest BCUT2D eigenvalue weighted by Crippen LogP contribution is -2.59. The number of rotatable bonds is 1. The smallest absolute Gasteiger partial charge is 0.110 e. The SMILES string of the molecule is CO[C@@H]1C=C(O)[C@@H]2[C@@H]3[C@H]4CCC5(CCCC5)[C@]3(C)[C@](C)(C4)[C@]21O. The Bertz CT molecular complexity index is 592. The Morgan fingerprint density at radius 2 is 1.87 bits per heavy atom. The highest BCUT2D eigenvalue weighted by Gasteiger charge is 2.85. The van der Waals surface area contributed by atoms with E-state index < -0.39 is 5.60 Å². The number of hydrogen-bond acceptors (Lipinski definition) is 3. The maximum atomic E-state index is 11.9. The minimum Gasteiger partial charge on any atom is -0.512 e. The van der Waals surface area contributed by atoms with Crippen LogP contribution in [0.1, 0.15) is 58.8 Å². The molecule has 7 atom stereocenters. The molecule has 0 unspecified atom stereocenters. The summed E-state index contributed by atoms with van der Waals surface area (Å²) in [4.78, 5) is 0. The molecule has 1 spiro atoms. The first kappa shape index (κ1) is 14.8. The van der Waals surface area contributed by atoms with Gasteiger partial charge in [-0.15, -0.1) is 0 Å². The molecule has 128 valence electrons. The van der Waals surface area contributed by atoms with E-state index in [-0.39, 0.29) is 22.9 Å². The molecule has 0 aliphatic heterocycles. The number of methoxy groups -OCH3 is 1. The summed E-state index contributed by atoms with van der Waals surface area (Å²) in [6.45, 7) is 4.79. The summed E-state index contributed by atoms with van der Waals surface area (Å²) in [6, 6.07) is 0. The second kappa shape index (κ2) is 3.99. The van der Waals surface area contributed by atoms with Gasteiger partial charge in [0.05, 0.1) is 11.7 Å². The minimum absolute atomic E-state index is 0.112. The van der Waals surface area contributed by atoms with Crippen LogP contribution in [0.4, 0.5) is 0 Å². The van der Waals surface area contributed by atoms with Crippen LogP contribution in [-0.4, -0.2) is 29.0 Å². The molecule has 23 heavy (non-hydrogen) atoms. The Kier molecular flexibility index (Phi) is 2.56. The van der Waals surface area contributed by atoms with E-state index in [1.165, 1.54) is 38.5 Å². The first-order chi connectivity index (χ1) is 10.9. The third-order valence-corrected chi connectivity index (χ3v) is 9.69. The monoisotopic (exact) mass is 318 g/mol. The van der Waals surface area contributed by atoms with Crippen LogP contribution in [0.15, 0.2) is 11.8 Å². The van der Waals surface area contributed by atoms with E-state index in [4.69, 9.17) is 4.74 Å². The van der Waals surface area contributed by atoms with Crippen molar-refractivity contribution in [1.82, 2.24) is 0 Å². The van der Waals surface area contributed by atoms with Crippen LogP contribution in [0.2, 0.25) is 0 Å². The van der Waals surface area contributed by atoms with Gasteiger partial charge in [0.15, 0.2) is 0 Å². The van der Waals surface area contributed by atoms with Crippen LogP contribution < -0.4 is 0 Å². The summed E-state index contributed by atoms with van der Waals surface area (Å²) < 4.78 is 5.67. The van der Waals surface area contributed by atoms with Gasteiger partial charge in [-0.2, -0.15) is 0 Å². The molecule has 4 bridgehead atoms. The lowest BCUT2D eigenvalue weighted by Gasteiger charge is -2.56. The fraction of sp³-hybridized carbons (Fsp3) is 0.900. The molecule has 3 heteroatoms. The largest absolute Gasteiger partial charge is 0.512 e. The Balaban J connectivity index is 1.75. The summed E-state index contributed by atoms with van der Waals surface area (Å²) in [6.07, 6.45) is 10.4. The second-order valence-corrected chi connectivity index (χ2v) is 9.60. The molecule has 5 aliphatic rings. The zero-order chi connectivity index (χ0) is 16.3. The molecule has 3 nitrogen and oxygen atoms in total. The summed E-state index contributed by atoms with van der Waals surface area (Å²) in [5.74, 6) is 1.37. The van der Waals surface area contributed by atoms with E-state index in [0.717, 1.165) is 6.42 Å². The number of fused-ring (bicyclic) bond motifs is 2. The summed E-state index contributed by atoms with van der Waals surface area (Å²) in [5, 5.41) is 22.7. The van der Waals surface area contributed by atoms with Crippen LogP contribution in [0.3, 0.4) is 0 Å². The topological polar surface area (TPSA) is 49.7 Å². The van der Waals surface area contributed by atoms with Crippen LogP contribution in [-0.2, 0) is 4.74 Å². The van der Waals surface area contributed by atoms with Crippen LogP contribution in [0, 0.1) is 34.0 Å². The standard InChI is InChI=1S/C20H30O3/c1-17-11-12-6-9-19(7-4-5-8-19)18(17,2)15(12)16-13(21)10-14(23-3)20(16,17)22/h10,12,14-16,21-22H,4-9,11H2,1-3H3/t12-,14+,15-,16+,17-,18-,20+/m0/s1. The molecule has 0 aromatic heterocycles. The molecule has 5 rings (SSSR count). The number of aliphatic hydroxyl groups is 2. The number of hydrogen-bond donors (Lipinski definition) is 2. The van der Waals surface area contributed by atoms with Crippen LogP contribution in [0.25, 0.3) is 0 Å². The van der Waals surface area contributed by atoms with Crippen molar-refractivity contribution in [3.05, 3.63) is 11.8 Å². The van der Waals surface area contributed by atoms with Gasteiger partial charge in [-0.05, 0) is 60.8 Å². The van der Waals surface area contributed by atoms with E-state index in [1.807, 2.05) is 0 Å². The van der Waals surface area contributed by atoms with Gasteiger partial charge in [0.2, 0.25) is 0 Å². The van der Waals surface area contributed by atoms with Gasteiger partial charge in [0, 0.05) is 12.5 Å². The van der Waals surface area contributed by atoms with E-state index in [0.29, 0.717) is 23.0 Å². The number of ether oxygens (including phenoxy) is 1. The molecule has 0 radical (unpaired) electrons. The van der Waals surface area contributed by atoms with E-state index in [1.54, 1.807) is 13.2 Å². The Hall–Kier alpha value is -0.540. The fourth-order valence-electron chi connectivity index (χ4n) is 8.80. The summed E-state index contributed by atoms with van der Waals surface area (Å²) >= 11 is 0. The highest BCUT2D eigenvalue weighted by molar-refractivity contribution is 5.40. The lowest BCUT2D eigenvalue weighted by molar-refractivity contribution is -0.181. The molecule has 5 aliphatic carbocycles. The van der Waals surface area contributed by atoms with Gasteiger partial charge in [0.25, 0.3) is 0 Å². The molecular weight excluding hydrogens is 288 g/mol. The molecule has 0 heterocycles. The third kappa shape index (κ3) is 1.20. The van der Waals surface area contributed by atoms with Crippen molar-refractivity contribution in [1.29, 1.82) is 0 Å². The Labute approximate surface area is 139 Å². The van der Waals surface area contributed by atoms with Gasteiger partial charge in [0.1, 0.15) is 11.7 Å². The molecule has 2 N–H and O–H groups in total. The van der Waals surface area contributed by atoms with Gasteiger partial charge in [-0.3, -0.25) is 0 Å². The number of aliphatic hydroxyl groups excluding tert-OH is 1. The van der Waals surface area contributed by atoms with Crippen molar-refractivity contribution in [3.63, 3.8) is 0 Å². The maximum absolute atomic E-state index is 11.9.